The van der Waals surface area contributed by atoms with Crippen molar-refractivity contribution in [2.45, 2.75) is 17.3 Å². The second kappa shape index (κ2) is 10.2. The molecule has 0 bridgehead atoms. The van der Waals surface area contributed by atoms with Crippen LogP contribution in [0.4, 0.5) is 4.39 Å². The van der Waals surface area contributed by atoms with Gasteiger partial charge in [0.1, 0.15) is 10.0 Å². The molecule has 2 N–H and O–H groups in total. The molecule has 1 aromatic heterocycles. The molecule has 0 unspecified atom stereocenters. The Bertz CT molecular complexity index is 853. The molecule has 1 aromatic carbocycles. The first-order chi connectivity index (χ1) is 11.8. The van der Waals surface area contributed by atoms with E-state index in [1.165, 1.54) is 35.8 Å². The van der Waals surface area contributed by atoms with E-state index in [1.807, 2.05) is 0 Å². The van der Waals surface area contributed by atoms with Gasteiger partial charge in [-0.1, -0.05) is 18.2 Å². The number of halogens is 2. The molecule has 10 heteroatoms. The zero-order chi connectivity index (χ0) is 18.4. The zero-order valence-corrected chi connectivity index (χ0v) is 18.7. The van der Waals surface area contributed by atoms with E-state index in [1.54, 1.807) is 37.4 Å². The number of thiophene rings is 1. The van der Waals surface area contributed by atoms with E-state index in [0.29, 0.717) is 28.8 Å². The van der Waals surface area contributed by atoms with Gasteiger partial charge in [-0.05, 0) is 18.2 Å². The van der Waals surface area contributed by atoms with Crippen molar-refractivity contribution in [1.29, 1.82) is 0 Å². The van der Waals surface area contributed by atoms with Crippen molar-refractivity contribution in [3.05, 3.63) is 52.7 Å². The number of aliphatic imine (C=N–C) groups is 1. The lowest BCUT2D eigenvalue weighted by Crippen LogP contribution is -2.36. The van der Waals surface area contributed by atoms with Gasteiger partial charge in [0.05, 0.1) is 6.54 Å². The summed E-state index contributed by atoms with van der Waals surface area (Å²) in [5, 5.41) is 6.12. The largest absolute Gasteiger partial charge is 0.352 e. The molecule has 144 valence electrons. The summed E-state index contributed by atoms with van der Waals surface area (Å²) in [6.07, 6.45) is 0. The van der Waals surface area contributed by atoms with E-state index in [2.05, 4.69) is 15.6 Å². The maximum Gasteiger partial charge on any atom is 0.252 e. The minimum atomic E-state index is -3.41. The van der Waals surface area contributed by atoms with Crippen LogP contribution >= 0.6 is 35.3 Å². The summed E-state index contributed by atoms with van der Waals surface area (Å²) in [5.74, 6) is 0.232. The molecule has 0 spiro atoms. The number of hydrogen-bond acceptors (Lipinski definition) is 4. The Morgan fingerprint density at radius 1 is 1.15 bits per heavy atom. The van der Waals surface area contributed by atoms with Crippen LogP contribution in [0, 0.1) is 5.82 Å². The first-order valence-electron chi connectivity index (χ1n) is 7.53. The topological polar surface area (TPSA) is 73.8 Å². The van der Waals surface area contributed by atoms with Crippen molar-refractivity contribution < 1.29 is 12.8 Å². The van der Waals surface area contributed by atoms with Crippen LogP contribution < -0.4 is 10.6 Å². The molecule has 0 fully saturated rings. The van der Waals surface area contributed by atoms with Crippen LogP contribution in [0.15, 0.2) is 45.6 Å². The highest BCUT2D eigenvalue weighted by Crippen LogP contribution is 2.23. The number of guanidine groups is 1. The van der Waals surface area contributed by atoms with Gasteiger partial charge in [-0.15, -0.1) is 35.3 Å². The summed E-state index contributed by atoms with van der Waals surface area (Å²) >= 11 is 1.20. The maximum atomic E-state index is 13.6. The van der Waals surface area contributed by atoms with Gasteiger partial charge in [0.15, 0.2) is 5.96 Å². The van der Waals surface area contributed by atoms with Crippen molar-refractivity contribution in [2.75, 3.05) is 21.1 Å². The molecule has 6 nitrogen and oxygen atoms in total. The van der Waals surface area contributed by atoms with Crippen molar-refractivity contribution in [1.82, 2.24) is 14.9 Å². The standard InChI is InChI=1S/C16H21FN4O2S2.HI/c1-18-16(19-10-12-6-4-5-7-14(12)17)20-11-13-8-9-15(24-13)25(22,23)21(2)3;/h4-9H,10-11H2,1-3H3,(H2,18,19,20);1H. The molecular formula is C16H22FIN4O2S2. The van der Waals surface area contributed by atoms with E-state index in [4.69, 9.17) is 0 Å². The van der Waals surface area contributed by atoms with Crippen molar-refractivity contribution in [2.24, 2.45) is 4.99 Å². The van der Waals surface area contributed by atoms with E-state index in [9.17, 15) is 12.8 Å². The van der Waals surface area contributed by atoms with Gasteiger partial charge >= 0.3 is 0 Å². The van der Waals surface area contributed by atoms with Crippen LogP contribution in [0.5, 0.6) is 0 Å². The summed E-state index contributed by atoms with van der Waals surface area (Å²) in [5.41, 5.74) is 0.543. The fourth-order valence-electron chi connectivity index (χ4n) is 1.98. The Morgan fingerprint density at radius 3 is 2.42 bits per heavy atom. The van der Waals surface area contributed by atoms with E-state index in [-0.39, 0.29) is 29.8 Å². The minimum Gasteiger partial charge on any atom is -0.352 e. The number of benzene rings is 1. The Balaban J connectivity index is 0.00000338. The monoisotopic (exact) mass is 512 g/mol. The fourth-order valence-corrected chi connectivity index (χ4v) is 4.45. The first kappa shape index (κ1) is 22.8. The summed E-state index contributed by atoms with van der Waals surface area (Å²) in [7, 11) is 1.21. The number of nitrogens with zero attached hydrogens (tertiary/aromatic N) is 2. The Hall–Kier alpha value is -1.24. The Morgan fingerprint density at radius 2 is 1.81 bits per heavy atom. The lowest BCUT2D eigenvalue weighted by atomic mass is 10.2. The molecule has 26 heavy (non-hydrogen) atoms. The van der Waals surface area contributed by atoms with Gasteiger partial charge in [-0.25, -0.2) is 17.1 Å². The summed E-state index contributed by atoms with van der Waals surface area (Å²) in [6, 6.07) is 9.88. The summed E-state index contributed by atoms with van der Waals surface area (Å²) < 4.78 is 39.2. The third kappa shape index (κ3) is 5.89. The molecule has 2 aromatic rings. The molecule has 2 rings (SSSR count). The smallest absolute Gasteiger partial charge is 0.252 e. The highest BCUT2D eigenvalue weighted by molar-refractivity contribution is 14.0. The van der Waals surface area contributed by atoms with Crippen LogP contribution in [0.2, 0.25) is 0 Å². The van der Waals surface area contributed by atoms with E-state index < -0.39 is 10.0 Å². The molecule has 0 amide bonds. The van der Waals surface area contributed by atoms with E-state index >= 15 is 0 Å². The van der Waals surface area contributed by atoms with Crippen molar-refractivity contribution >= 4 is 51.3 Å². The quantitative estimate of drug-likeness (QED) is 0.355. The van der Waals surface area contributed by atoms with Gasteiger partial charge < -0.3 is 10.6 Å². The number of rotatable bonds is 6. The predicted molar refractivity (Wildman–Crippen MR) is 114 cm³/mol. The summed E-state index contributed by atoms with van der Waals surface area (Å²) in [4.78, 5) is 4.94. The third-order valence-corrected chi connectivity index (χ3v) is 6.80. The van der Waals surface area contributed by atoms with Gasteiger partial charge in [0.25, 0.3) is 10.0 Å². The molecule has 0 atom stereocenters. The molecule has 0 aliphatic heterocycles. The van der Waals surface area contributed by atoms with Crippen molar-refractivity contribution in [3.8, 4) is 0 Å². The maximum absolute atomic E-state index is 13.6. The minimum absolute atomic E-state index is 0. The van der Waals surface area contributed by atoms with Crippen LogP contribution in [0.1, 0.15) is 10.4 Å². The van der Waals surface area contributed by atoms with Gasteiger partial charge in [0.2, 0.25) is 0 Å². The average Bonchev–Trinajstić information content (AvgIpc) is 3.06. The SMILES string of the molecule is CN=C(NCc1ccc(S(=O)(=O)N(C)C)s1)NCc1ccccc1F.I. The van der Waals surface area contributed by atoms with Gasteiger partial charge in [-0.2, -0.15) is 0 Å². The molecule has 0 aliphatic rings. The molecule has 0 aliphatic carbocycles. The van der Waals surface area contributed by atoms with Crippen LogP contribution in [0.3, 0.4) is 0 Å². The zero-order valence-electron chi connectivity index (χ0n) is 14.7. The number of hydrogen-bond donors (Lipinski definition) is 2. The molecule has 1 heterocycles. The number of sulfonamides is 1. The van der Waals surface area contributed by atoms with E-state index in [0.717, 1.165) is 4.88 Å². The third-order valence-electron chi connectivity index (χ3n) is 3.43. The number of nitrogens with one attached hydrogen (secondary N) is 2. The predicted octanol–water partition coefficient (Wildman–Crippen LogP) is 2.62. The summed E-state index contributed by atoms with van der Waals surface area (Å²) in [6.45, 7) is 0.724. The second-order valence-corrected chi connectivity index (χ2v) is 8.93. The lowest BCUT2D eigenvalue weighted by Gasteiger charge is -2.11. The fraction of sp³-hybridized carbons (Fsp3) is 0.312. The molecular weight excluding hydrogens is 490 g/mol. The van der Waals surface area contributed by atoms with Gasteiger partial charge in [0, 0.05) is 38.1 Å². The highest BCUT2D eigenvalue weighted by Gasteiger charge is 2.19. The molecule has 0 radical (unpaired) electrons. The first-order valence-corrected chi connectivity index (χ1v) is 9.79. The average molecular weight is 512 g/mol. The van der Waals surface area contributed by atoms with Gasteiger partial charge in [-0.3, -0.25) is 4.99 Å². The Kier molecular flexibility index (Phi) is 8.93. The molecule has 0 saturated carbocycles. The highest BCUT2D eigenvalue weighted by atomic mass is 127. The molecule has 0 saturated heterocycles. The Labute approximate surface area is 174 Å². The van der Waals surface area contributed by atoms with Crippen LogP contribution in [-0.2, 0) is 23.1 Å². The normalized spacial score (nSPS) is 12.0. The van der Waals surface area contributed by atoms with Crippen LogP contribution in [0.25, 0.3) is 0 Å². The lowest BCUT2D eigenvalue weighted by molar-refractivity contribution is 0.523. The van der Waals surface area contributed by atoms with Crippen molar-refractivity contribution in [3.63, 3.8) is 0 Å². The van der Waals surface area contributed by atoms with Crippen LogP contribution in [-0.4, -0.2) is 39.8 Å². The second-order valence-electron chi connectivity index (χ2n) is 5.38.